The molecule has 1 N–H and O–H groups in total. The van der Waals surface area contributed by atoms with E-state index in [9.17, 15) is 4.79 Å². The third-order valence-corrected chi connectivity index (χ3v) is 5.27. The van der Waals surface area contributed by atoms with Gasteiger partial charge in [0.2, 0.25) is 0 Å². The van der Waals surface area contributed by atoms with E-state index in [0.717, 1.165) is 37.4 Å². The molecule has 1 aliphatic rings. The van der Waals surface area contributed by atoms with Crippen molar-refractivity contribution in [2.45, 2.75) is 51.8 Å². The van der Waals surface area contributed by atoms with Gasteiger partial charge in [0, 0.05) is 30.9 Å². The van der Waals surface area contributed by atoms with E-state index in [4.69, 9.17) is 4.74 Å². The van der Waals surface area contributed by atoms with Crippen LogP contribution in [0.4, 0.5) is 0 Å². The van der Waals surface area contributed by atoms with Gasteiger partial charge in [0.1, 0.15) is 11.9 Å². The molecule has 1 amide bonds. The van der Waals surface area contributed by atoms with Crippen molar-refractivity contribution in [3.63, 3.8) is 0 Å². The van der Waals surface area contributed by atoms with Crippen LogP contribution < -0.4 is 10.1 Å². The summed E-state index contributed by atoms with van der Waals surface area (Å²) < 4.78 is 6.11. The topological polar surface area (TPSA) is 54.5 Å². The quantitative estimate of drug-likeness (QED) is 0.812. The van der Waals surface area contributed by atoms with E-state index in [-0.39, 0.29) is 12.0 Å². The Balaban J connectivity index is 1.47. The van der Waals surface area contributed by atoms with Crippen LogP contribution in [0.5, 0.6) is 5.75 Å². The standard InChI is InChI=1S/C22H29N3O2/c1-3-17(2)25-14-11-21(12-15-25)27-20-9-7-18(8-10-20)22(26)24-16-19-6-4-5-13-23-19/h4-10,13,17,21H,3,11-12,14-16H2,1-2H3,(H,24,26)/t17-/m0/s1. The number of piperidine rings is 1. The normalized spacial score (nSPS) is 16.7. The Morgan fingerprint density at radius 1 is 1.22 bits per heavy atom. The molecule has 1 saturated heterocycles. The maximum atomic E-state index is 12.3. The van der Waals surface area contributed by atoms with E-state index in [0.29, 0.717) is 18.2 Å². The molecule has 0 spiro atoms. The highest BCUT2D eigenvalue weighted by atomic mass is 16.5. The van der Waals surface area contributed by atoms with Crippen molar-refractivity contribution in [1.29, 1.82) is 0 Å². The highest BCUT2D eigenvalue weighted by molar-refractivity contribution is 5.94. The van der Waals surface area contributed by atoms with Gasteiger partial charge in [0.25, 0.3) is 5.91 Å². The molecule has 144 valence electrons. The summed E-state index contributed by atoms with van der Waals surface area (Å²) >= 11 is 0. The summed E-state index contributed by atoms with van der Waals surface area (Å²) in [5, 5.41) is 2.89. The number of amides is 1. The summed E-state index contributed by atoms with van der Waals surface area (Å²) in [7, 11) is 0. The molecule has 1 fully saturated rings. The number of likely N-dealkylation sites (tertiary alicyclic amines) is 1. The van der Waals surface area contributed by atoms with Crippen molar-refractivity contribution in [2.75, 3.05) is 13.1 Å². The van der Waals surface area contributed by atoms with E-state index in [1.807, 2.05) is 42.5 Å². The number of ether oxygens (including phenoxy) is 1. The van der Waals surface area contributed by atoms with Crippen molar-refractivity contribution >= 4 is 5.91 Å². The highest BCUT2D eigenvalue weighted by Gasteiger charge is 2.23. The van der Waals surface area contributed by atoms with Gasteiger partial charge < -0.3 is 15.0 Å². The van der Waals surface area contributed by atoms with Crippen LogP contribution in [-0.4, -0.2) is 41.0 Å². The third kappa shape index (κ3) is 5.54. The van der Waals surface area contributed by atoms with Gasteiger partial charge >= 0.3 is 0 Å². The molecule has 1 aliphatic heterocycles. The molecule has 1 aromatic heterocycles. The Hall–Kier alpha value is -2.40. The first-order valence-corrected chi connectivity index (χ1v) is 9.84. The minimum Gasteiger partial charge on any atom is -0.490 e. The zero-order chi connectivity index (χ0) is 19.1. The summed E-state index contributed by atoms with van der Waals surface area (Å²) in [5.74, 6) is 0.729. The number of rotatable bonds is 7. The van der Waals surface area contributed by atoms with E-state index in [1.54, 1.807) is 6.20 Å². The first-order valence-electron chi connectivity index (χ1n) is 9.84. The zero-order valence-corrected chi connectivity index (χ0v) is 16.2. The van der Waals surface area contributed by atoms with E-state index in [2.05, 4.69) is 29.0 Å². The van der Waals surface area contributed by atoms with Crippen LogP contribution in [0.3, 0.4) is 0 Å². The number of pyridine rings is 1. The molecule has 2 heterocycles. The van der Waals surface area contributed by atoms with Crippen LogP contribution in [0.15, 0.2) is 48.7 Å². The van der Waals surface area contributed by atoms with Crippen LogP contribution >= 0.6 is 0 Å². The van der Waals surface area contributed by atoms with Crippen LogP contribution in [0.1, 0.15) is 49.2 Å². The number of nitrogens with one attached hydrogen (secondary N) is 1. The molecule has 1 atom stereocenters. The summed E-state index contributed by atoms with van der Waals surface area (Å²) in [6.07, 6.45) is 5.28. The Kier molecular flexibility index (Phi) is 6.82. The van der Waals surface area contributed by atoms with Gasteiger partial charge in [-0.05, 0) is 62.6 Å². The number of carbonyl (C=O) groups excluding carboxylic acids is 1. The number of nitrogens with zero attached hydrogens (tertiary/aromatic N) is 2. The van der Waals surface area contributed by atoms with Crippen molar-refractivity contribution in [3.8, 4) is 5.75 Å². The molecular formula is C22H29N3O2. The molecular weight excluding hydrogens is 338 g/mol. The molecule has 0 bridgehead atoms. The smallest absolute Gasteiger partial charge is 0.251 e. The fourth-order valence-electron chi connectivity index (χ4n) is 3.35. The first kappa shape index (κ1) is 19.4. The number of carbonyl (C=O) groups is 1. The number of hydrogen-bond donors (Lipinski definition) is 1. The van der Waals surface area contributed by atoms with Crippen molar-refractivity contribution in [1.82, 2.24) is 15.2 Å². The molecule has 27 heavy (non-hydrogen) atoms. The average molecular weight is 367 g/mol. The molecule has 2 aromatic rings. The molecule has 0 unspecified atom stereocenters. The van der Waals surface area contributed by atoms with Gasteiger partial charge in [-0.15, -0.1) is 0 Å². The lowest BCUT2D eigenvalue weighted by Gasteiger charge is -2.35. The van der Waals surface area contributed by atoms with Gasteiger partial charge in [-0.2, -0.15) is 0 Å². The molecule has 0 aliphatic carbocycles. The fourth-order valence-corrected chi connectivity index (χ4v) is 3.35. The summed E-state index contributed by atoms with van der Waals surface area (Å²) in [6, 6.07) is 13.7. The van der Waals surface area contributed by atoms with Gasteiger partial charge in [0.05, 0.1) is 12.2 Å². The molecule has 5 heteroatoms. The lowest BCUT2D eigenvalue weighted by molar-refractivity contribution is 0.0788. The maximum Gasteiger partial charge on any atom is 0.251 e. The van der Waals surface area contributed by atoms with Crippen LogP contribution in [0, 0.1) is 0 Å². The SMILES string of the molecule is CC[C@H](C)N1CCC(Oc2ccc(C(=O)NCc3ccccn3)cc2)CC1. The lowest BCUT2D eigenvalue weighted by atomic mass is 10.0. The van der Waals surface area contributed by atoms with Crippen molar-refractivity contribution in [3.05, 3.63) is 59.9 Å². The zero-order valence-electron chi connectivity index (χ0n) is 16.2. The average Bonchev–Trinajstić information content (AvgIpc) is 2.73. The predicted octanol–water partition coefficient (Wildman–Crippen LogP) is 3.65. The monoisotopic (exact) mass is 367 g/mol. The third-order valence-electron chi connectivity index (χ3n) is 5.27. The molecule has 1 aromatic carbocycles. The van der Waals surface area contributed by atoms with Crippen LogP contribution in [-0.2, 0) is 6.54 Å². The number of aromatic nitrogens is 1. The minimum absolute atomic E-state index is 0.103. The Morgan fingerprint density at radius 2 is 1.96 bits per heavy atom. The minimum atomic E-state index is -0.103. The van der Waals surface area contributed by atoms with Crippen LogP contribution in [0.25, 0.3) is 0 Å². The number of hydrogen-bond acceptors (Lipinski definition) is 4. The summed E-state index contributed by atoms with van der Waals surface area (Å²) in [6.45, 7) is 7.13. The van der Waals surface area contributed by atoms with E-state index < -0.39 is 0 Å². The molecule has 0 saturated carbocycles. The fraction of sp³-hybridized carbons (Fsp3) is 0.455. The van der Waals surface area contributed by atoms with Crippen LogP contribution in [0.2, 0.25) is 0 Å². The Bertz CT molecular complexity index is 710. The van der Waals surface area contributed by atoms with Crippen molar-refractivity contribution < 1.29 is 9.53 Å². The largest absolute Gasteiger partial charge is 0.490 e. The Morgan fingerprint density at radius 3 is 2.59 bits per heavy atom. The van der Waals surface area contributed by atoms with Gasteiger partial charge in [-0.1, -0.05) is 13.0 Å². The second-order valence-corrected chi connectivity index (χ2v) is 7.14. The highest BCUT2D eigenvalue weighted by Crippen LogP contribution is 2.21. The van der Waals surface area contributed by atoms with Gasteiger partial charge in [-0.25, -0.2) is 0 Å². The predicted molar refractivity (Wildman–Crippen MR) is 107 cm³/mol. The Labute approximate surface area is 161 Å². The summed E-state index contributed by atoms with van der Waals surface area (Å²) in [4.78, 5) is 19.0. The molecule has 3 rings (SSSR count). The van der Waals surface area contributed by atoms with E-state index in [1.165, 1.54) is 6.42 Å². The summed E-state index contributed by atoms with van der Waals surface area (Å²) in [5.41, 5.74) is 1.47. The number of benzene rings is 1. The maximum absolute atomic E-state index is 12.3. The lowest BCUT2D eigenvalue weighted by Crippen LogP contribution is -2.42. The second-order valence-electron chi connectivity index (χ2n) is 7.14. The molecule has 0 radical (unpaired) electrons. The first-order chi connectivity index (χ1) is 13.2. The van der Waals surface area contributed by atoms with Gasteiger partial charge in [-0.3, -0.25) is 9.78 Å². The van der Waals surface area contributed by atoms with Crippen molar-refractivity contribution in [2.24, 2.45) is 0 Å². The second kappa shape index (κ2) is 9.51. The van der Waals surface area contributed by atoms with E-state index >= 15 is 0 Å². The molecule has 5 nitrogen and oxygen atoms in total. The van der Waals surface area contributed by atoms with Gasteiger partial charge in [0.15, 0.2) is 0 Å².